The molecule has 2 fully saturated rings. The van der Waals surface area contributed by atoms with E-state index in [1.54, 1.807) is 0 Å². The van der Waals surface area contributed by atoms with Gasteiger partial charge in [-0.1, -0.05) is 0 Å². The van der Waals surface area contributed by atoms with Gasteiger partial charge in [0.05, 0.1) is 6.04 Å². The van der Waals surface area contributed by atoms with Crippen molar-refractivity contribution in [2.75, 3.05) is 27.2 Å². The van der Waals surface area contributed by atoms with Crippen molar-refractivity contribution in [3.05, 3.63) is 0 Å². The number of hydrogen-bond donors (Lipinski definition) is 1. The first-order valence-corrected chi connectivity index (χ1v) is 5.32. The number of amides is 2. The molecule has 0 aromatic rings. The number of nitrogens with zero attached hydrogens (tertiary/aromatic N) is 2. The number of likely N-dealkylation sites (N-methyl/N-ethyl adjacent to an activating group) is 2. The number of carbonyl (C=O) groups is 2. The van der Waals surface area contributed by atoms with Crippen molar-refractivity contribution in [3.8, 4) is 0 Å². The van der Waals surface area contributed by atoms with Crippen LogP contribution < -0.4 is 5.32 Å². The van der Waals surface area contributed by atoms with E-state index >= 15 is 0 Å². The van der Waals surface area contributed by atoms with Gasteiger partial charge in [0.25, 0.3) is 0 Å². The first-order chi connectivity index (χ1) is 7.08. The summed E-state index contributed by atoms with van der Waals surface area (Å²) < 4.78 is 0. The molecule has 0 aromatic heterocycles. The molecular weight excluding hydrogens is 194 g/mol. The number of piperidine rings is 1. The second-order valence-corrected chi connectivity index (χ2v) is 4.51. The Morgan fingerprint density at radius 2 is 2.07 bits per heavy atom. The summed E-state index contributed by atoms with van der Waals surface area (Å²) in [6.07, 6.45) is 1.12. The summed E-state index contributed by atoms with van der Waals surface area (Å²) in [5, 5.41) is 2.39. The highest BCUT2D eigenvalue weighted by molar-refractivity contribution is 6.00. The van der Waals surface area contributed by atoms with Gasteiger partial charge < -0.3 is 4.90 Å². The van der Waals surface area contributed by atoms with Gasteiger partial charge in [-0.15, -0.1) is 0 Å². The van der Waals surface area contributed by atoms with Crippen LogP contribution in [0.5, 0.6) is 0 Å². The monoisotopic (exact) mass is 211 g/mol. The quantitative estimate of drug-likeness (QED) is 0.598. The van der Waals surface area contributed by atoms with Crippen molar-refractivity contribution in [2.45, 2.75) is 24.9 Å². The minimum atomic E-state index is -0.143. The van der Waals surface area contributed by atoms with Crippen LogP contribution in [-0.4, -0.2) is 60.9 Å². The number of imide groups is 1. The molecule has 1 N–H and O–H groups in total. The average molecular weight is 211 g/mol. The van der Waals surface area contributed by atoms with Crippen molar-refractivity contribution < 1.29 is 9.59 Å². The fraction of sp³-hybridized carbons (Fsp3) is 0.800. The van der Waals surface area contributed by atoms with Crippen LogP contribution >= 0.6 is 0 Å². The second-order valence-electron chi connectivity index (χ2n) is 4.51. The number of nitrogens with one attached hydrogen (secondary N) is 1. The molecule has 84 valence electrons. The van der Waals surface area contributed by atoms with Crippen LogP contribution in [0.25, 0.3) is 0 Å². The Balaban J connectivity index is 1.92. The van der Waals surface area contributed by atoms with Crippen LogP contribution in [0.2, 0.25) is 0 Å². The molecule has 2 aliphatic rings. The van der Waals surface area contributed by atoms with E-state index in [4.69, 9.17) is 0 Å². The fourth-order valence-electron chi connectivity index (χ4n) is 2.25. The van der Waals surface area contributed by atoms with E-state index in [2.05, 4.69) is 22.2 Å². The fourth-order valence-corrected chi connectivity index (χ4v) is 2.25. The lowest BCUT2D eigenvalue weighted by molar-refractivity contribution is -0.138. The maximum atomic E-state index is 11.6. The van der Waals surface area contributed by atoms with Gasteiger partial charge in [0.2, 0.25) is 11.8 Å². The van der Waals surface area contributed by atoms with Gasteiger partial charge in [-0.2, -0.15) is 0 Å². The Labute approximate surface area is 89.4 Å². The summed E-state index contributed by atoms with van der Waals surface area (Å²) >= 11 is 0. The van der Waals surface area contributed by atoms with Crippen molar-refractivity contribution in [1.29, 1.82) is 0 Å². The standard InChI is InChI=1S/C10H17N3O2/c1-12-5-7(6-12)13(2)8-3-4-9(14)11-10(8)15/h7-8H,3-6H2,1-2H3,(H,11,14,15). The molecule has 2 amide bonds. The Morgan fingerprint density at radius 3 is 2.60 bits per heavy atom. The van der Waals surface area contributed by atoms with E-state index in [1.807, 2.05) is 7.05 Å². The van der Waals surface area contributed by atoms with E-state index in [9.17, 15) is 9.59 Å². The molecule has 1 atom stereocenters. The van der Waals surface area contributed by atoms with Crippen molar-refractivity contribution in [1.82, 2.24) is 15.1 Å². The van der Waals surface area contributed by atoms with Gasteiger partial charge in [0.15, 0.2) is 0 Å². The summed E-state index contributed by atoms with van der Waals surface area (Å²) in [4.78, 5) is 26.9. The Hall–Kier alpha value is -0.940. The maximum absolute atomic E-state index is 11.6. The zero-order chi connectivity index (χ0) is 11.0. The molecule has 2 heterocycles. The molecule has 0 spiro atoms. The van der Waals surface area contributed by atoms with Crippen LogP contribution in [0.4, 0.5) is 0 Å². The molecular formula is C10H17N3O2. The molecule has 1 unspecified atom stereocenters. The topological polar surface area (TPSA) is 52.6 Å². The third-order valence-electron chi connectivity index (χ3n) is 3.32. The zero-order valence-electron chi connectivity index (χ0n) is 9.19. The molecule has 5 nitrogen and oxygen atoms in total. The number of hydrogen-bond acceptors (Lipinski definition) is 4. The summed E-state index contributed by atoms with van der Waals surface area (Å²) in [6, 6.07) is 0.334. The zero-order valence-corrected chi connectivity index (χ0v) is 9.19. The lowest BCUT2D eigenvalue weighted by Crippen LogP contribution is -2.62. The van der Waals surface area contributed by atoms with E-state index in [-0.39, 0.29) is 17.9 Å². The SMILES string of the molecule is CN1CC(N(C)C2CCC(=O)NC2=O)C1. The first-order valence-electron chi connectivity index (χ1n) is 5.32. The average Bonchev–Trinajstić information content (AvgIpc) is 2.12. The van der Waals surface area contributed by atoms with Crippen molar-refractivity contribution >= 4 is 11.8 Å². The molecule has 2 saturated heterocycles. The third-order valence-corrected chi connectivity index (χ3v) is 3.32. The third kappa shape index (κ3) is 2.03. The molecule has 0 aromatic carbocycles. The first kappa shape index (κ1) is 10.6. The van der Waals surface area contributed by atoms with Gasteiger partial charge in [-0.3, -0.25) is 19.8 Å². The van der Waals surface area contributed by atoms with Crippen LogP contribution in [-0.2, 0) is 9.59 Å². The van der Waals surface area contributed by atoms with Crippen molar-refractivity contribution in [2.24, 2.45) is 0 Å². The Kier molecular flexibility index (Phi) is 2.75. The predicted molar refractivity (Wildman–Crippen MR) is 55.2 cm³/mol. The normalized spacial score (nSPS) is 29.1. The van der Waals surface area contributed by atoms with Crippen molar-refractivity contribution in [3.63, 3.8) is 0 Å². The molecule has 15 heavy (non-hydrogen) atoms. The highest BCUT2D eigenvalue weighted by atomic mass is 16.2. The van der Waals surface area contributed by atoms with Gasteiger partial charge in [-0.25, -0.2) is 0 Å². The van der Waals surface area contributed by atoms with Crippen LogP contribution in [0.3, 0.4) is 0 Å². The lowest BCUT2D eigenvalue weighted by Gasteiger charge is -2.45. The molecule has 0 bridgehead atoms. The van der Waals surface area contributed by atoms with E-state index in [0.29, 0.717) is 18.9 Å². The minimum absolute atomic E-state index is 0.124. The predicted octanol–water partition coefficient (Wildman–Crippen LogP) is -0.963. The van der Waals surface area contributed by atoms with Gasteiger partial charge >= 0.3 is 0 Å². The summed E-state index contributed by atoms with van der Waals surface area (Å²) in [6.45, 7) is 2.02. The minimum Gasteiger partial charge on any atom is -0.303 e. The van der Waals surface area contributed by atoms with Gasteiger partial charge in [0.1, 0.15) is 0 Å². The van der Waals surface area contributed by atoms with Gasteiger partial charge in [0, 0.05) is 25.6 Å². The van der Waals surface area contributed by atoms with Crippen LogP contribution in [0.15, 0.2) is 0 Å². The Bertz CT molecular complexity index is 286. The molecule has 0 aliphatic carbocycles. The summed E-state index contributed by atoms with van der Waals surface area (Å²) in [7, 11) is 4.03. The summed E-state index contributed by atoms with van der Waals surface area (Å²) in [5.74, 6) is -0.279. The van der Waals surface area contributed by atoms with E-state index in [1.165, 1.54) is 0 Å². The van der Waals surface area contributed by atoms with Gasteiger partial charge in [-0.05, 0) is 20.5 Å². The lowest BCUT2D eigenvalue weighted by atomic mass is 10.0. The number of carbonyl (C=O) groups excluding carboxylic acids is 2. The Morgan fingerprint density at radius 1 is 1.40 bits per heavy atom. The number of rotatable bonds is 2. The van der Waals surface area contributed by atoms with E-state index in [0.717, 1.165) is 13.1 Å². The molecule has 5 heteroatoms. The molecule has 0 radical (unpaired) electrons. The number of likely N-dealkylation sites (tertiary alicyclic amines) is 1. The maximum Gasteiger partial charge on any atom is 0.243 e. The molecule has 2 rings (SSSR count). The smallest absolute Gasteiger partial charge is 0.243 e. The van der Waals surface area contributed by atoms with Crippen LogP contribution in [0.1, 0.15) is 12.8 Å². The van der Waals surface area contributed by atoms with E-state index < -0.39 is 0 Å². The molecule has 2 aliphatic heterocycles. The highest BCUT2D eigenvalue weighted by Crippen LogP contribution is 2.18. The summed E-state index contributed by atoms with van der Waals surface area (Å²) in [5.41, 5.74) is 0. The second kappa shape index (κ2) is 3.90. The highest BCUT2D eigenvalue weighted by Gasteiger charge is 2.36. The largest absolute Gasteiger partial charge is 0.303 e. The van der Waals surface area contributed by atoms with Crippen LogP contribution in [0, 0.1) is 0 Å². The molecule has 0 saturated carbocycles.